The Labute approximate surface area is 118 Å². The number of nitrogens with zero attached hydrogens (tertiary/aromatic N) is 2. The van der Waals surface area contributed by atoms with Gasteiger partial charge in [-0.15, -0.1) is 5.10 Å². The SMILES string of the molecule is CCOC(=O)c1nnc(Oc2ccc3c(c2)OCO3)s1. The Morgan fingerprint density at radius 2 is 2.20 bits per heavy atom. The molecule has 0 saturated heterocycles. The standard InChI is InChI=1S/C12H10N2O5S/c1-2-16-11(15)10-13-14-12(20-10)19-7-3-4-8-9(5-7)18-6-17-8/h3-5H,2,6H2,1H3. The second kappa shape index (κ2) is 5.33. The van der Waals surface area contributed by atoms with Crippen molar-refractivity contribution in [2.75, 3.05) is 13.4 Å². The first-order valence-corrected chi connectivity index (χ1v) is 6.66. The van der Waals surface area contributed by atoms with Crippen molar-refractivity contribution in [3.63, 3.8) is 0 Å². The van der Waals surface area contributed by atoms with Gasteiger partial charge in [0.15, 0.2) is 11.5 Å². The van der Waals surface area contributed by atoms with E-state index in [1.807, 2.05) is 0 Å². The number of carbonyl (C=O) groups excluding carboxylic acids is 1. The number of aromatic nitrogens is 2. The molecule has 0 fully saturated rings. The highest BCUT2D eigenvalue weighted by Crippen LogP contribution is 2.36. The third-order valence-electron chi connectivity index (χ3n) is 2.41. The van der Waals surface area contributed by atoms with E-state index in [0.717, 1.165) is 11.3 Å². The summed E-state index contributed by atoms with van der Waals surface area (Å²) in [6, 6.07) is 5.15. The lowest BCUT2D eigenvalue weighted by Crippen LogP contribution is -2.03. The number of hydrogen-bond acceptors (Lipinski definition) is 8. The highest BCUT2D eigenvalue weighted by molar-refractivity contribution is 7.14. The number of esters is 1. The van der Waals surface area contributed by atoms with Crippen LogP contribution in [0.4, 0.5) is 0 Å². The van der Waals surface area contributed by atoms with Crippen LogP contribution >= 0.6 is 11.3 Å². The van der Waals surface area contributed by atoms with E-state index >= 15 is 0 Å². The zero-order valence-corrected chi connectivity index (χ0v) is 11.3. The average molecular weight is 294 g/mol. The van der Waals surface area contributed by atoms with E-state index in [1.165, 1.54) is 0 Å². The monoisotopic (exact) mass is 294 g/mol. The van der Waals surface area contributed by atoms with E-state index in [4.69, 9.17) is 18.9 Å². The van der Waals surface area contributed by atoms with Gasteiger partial charge in [0, 0.05) is 6.07 Å². The summed E-state index contributed by atoms with van der Waals surface area (Å²) >= 11 is 1.02. The molecule has 20 heavy (non-hydrogen) atoms. The van der Waals surface area contributed by atoms with Crippen LogP contribution < -0.4 is 14.2 Å². The number of hydrogen-bond donors (Lipinski definition) is 0. The maximum Gasteiger partial charge on any atom is 0.369 e. The van der Waals surface area contributed by atoms with Crippen LogP contribution in [-0.2, 0) is 4.74 Å². The molecular formula is C12H10N2O5S. The third kappa shape index (κ3) is 2.50. The Balaban J connectivity index is 1.73. The topological polar surface area (TPSA) is 79.8 Å². The van der Waals surface area contributed by atoms with Gasteiger partial charge in [0.25, 0.3) is 5.19 Å². The first kappa shape index (κ1) is 12.7. The number of ether oxygens (including phenoxy) is 4. The molecule has 0 unspecified atom stereocenters. The normalized spacial score (nSPS) is 12.2. The zero-order chi connectivity index (χ0) is 13.9. The molecule has 8 heteroatoms. The minimum Gasteiger partial charge on any atom is -0.461 e. The fourth-order valence-electron chi connectivity index (χ4n) is 1.57. The molecule has 0 saturated carbocycles. The second-order valence-electron chi connectivity index (χ2n) is 3.71. The molecule has 0 aliphatic carbocycles. The van der Waals surface area contributed by atoms with Gasteiger partial charge < -0.3 is 18.9 Å². The highest BCUT2D eigenvalue weighted by Gasteiger charge is 2.17. The van der Waals surface area contributed by atoms with Gasteiger partial charge >= 0.3 is 5.97 Å². The molecule has 7 nitrogen and oxygen atoms in total. The Kier molecular flexibility index (Phi) is 3.38. The predicted molar refractivity (Wildman–Crippen MR) is 68.5 cm³/mol. The maximum atomic E-state index is 11.5. The summed E-state index contributed by atoms with van der Waals surface area (Å²) in [5.41, 5.74) is 0. The summed E-state index contributed by atoms with van der Waals surface area (Å²) < 4.78 is 20.8. The van der Waals surface area contributed by atoms with Gasteiger partial charge in [0.1, 0.15) is 5.75 Å². The summed E-state index contributed by atoms with van der Waals surface area (Å²) in [4.78, 5) is 11.5. The Morgan fingerprint density at radius 1 is 1.35 bits per heavy atom. The van der Waals surface area contributed by atoms with Gasteiger partial charge in [-0.05, 0) is 30.4 Å². The van der Waals surface area contributed by atoms with Gasteiger partial charge in [-0.3, -0.25) is 0 Å². The smallest absolute Gasteiger partial charge is 0.369 e. The summed E-state index contributed by atoms with van der Waals surface area (Å²) in [5, 5.41) is 7.91. The molecule has 0 atom stereocenters. The van der Waals surface area contributed by atoms with Gasteiger partial charge in [-0.2, -0.15) is 0 Å². The molecule has 0 bridgehead atoms. The summed E-state index contributed by atoms with van der Waals surface area (Å²) in [5.74, 6) is 1.30. The summed E-state index contributed by atoms with van der Waals surface area (Å²) in [6.07, 6.45) is 0. The first-order valence-electron chi connectivity index (χ1n) is 5.84. The van der Waals surface area contributed by atoms with Gasteiger partial charge in [-0.25, -0.2) is 4.79 Å². The molecule has 0 amide bonds. The van der Waals surface area contributed by atoms with Crippen molar-refractivity contribution in [3.8, 4) is 22.4 Å². The summed E-state index contributed by atoms with van der Waals surface area (Å²) in [7, 11) is 0. The molecule has 1 aromatic heterocycles. The van der Waals surface area contributed by atoms with Crippen LogP contribution in [0.5, 0.6) is 22.4 Å². The minimum absolute atomic E-state index is 0.155. The van der Waals surface area contributed by atoms with Gasteiger partial charge in [0.2, 0.25) is 11.8 Å². The number of fused-ring (bicyclic) bond motifs is 1. The van der Waals surface area contributed by atoms with E-state index in [2.05, 4.69) is 10.2 Å². The molecular weight excluding hydrogens is 284 g/mol. The van der Waals surface area contributed by atoms with Crippen molar-refractivity contribution in [1.82, 2.24) is 10.2 Å². The molecule has 1 aliphatic rings. The minimum atomic E-state index is -0.509. The molecule has 0 radical (unpaired) electrons. The molecule has 1 aromatic carbocycles. The lowest BCUT2D eigenvalue weighted by molar-refractivity contribution is 0.0525. The molecule has 3 rings (SSSR count). The average Bonchev–Trinajstić information content (AvgIpc) is 3.07. The molecule has 2 heterocycles. The van der Waals surface area contributed by atoms with Gasteiger partial charge in [0.05, 0.1) is 6.61 Å². The van der Waals surface area contributed by atoms with Crippen molar-refractivity contribution >= 4 is 17.3 Å². The zero-order valence-electron chi connectivity index (χ0n) is 10.5. The van der Waals surface area contributed by atoms with Crippen LogP contribution in [0.25, 0.3) is 0 Å². The summed E-state index contributed by atoms with van der Waals surface area (Å²) in [6.45, 7) is 2.21. The lowest BCUT2D eigenvalue weighted by Gasteiger charge is -2.01. The van der Waals surface area contributed by atoms with Crippen LogP contribution in [0.2, 0.25) is 0 Å². The predicted octanol–water partition coefficient (Wildman–Crippen LogP) is 2.24. The van der Waals surface area contributed by atoms with Gasteiger partial charge in [-0.1, -0.05) is 5.10 Å². The van der Waals surface area contributed by atoms with E-state index < -0.39 is 5.97 Å². The molecule has 1 aliphatic heterocycles. The molecule has 2 aromatic rings. The highest BCUT2D eigenvalue weighted by atomic mass is 32.1. The van der Waals surface area contributed by atoms with Crippen molar-refractivity contribution in [3.05, 3.63) is 23.2 Å². The Bertz CT molecular complexity index is 643. The van der Waals surface area contributed by atoms with Crippen molar-refractivity contribution in [2.24, 2.45) is 0 Å². The quantitative estimate of drug-likeness (QED) is 0.800. The van der Waals surface area contributed by atoms with Crippen LogP contribution in [0.3, 0.4) is 0 Å². The fourth-order valence-corrected chi connectivity index (χ4v) is 2.18. The third-order valence-corrected chi connectivity index (χ3v) is 3.19. The van der Waals surface area contributed by atoms with Crippen LogP contribution in [0, 0.1) is 0 Å². The maximum absolute atomic E-state index is 11.5. The van der Waals surface area contributed by atoms with Crippen LogP contribution in [0.15, 0.2) is 18.2 Å². The Morgan fingerprint density at radius 3 is 3.05 bits per heavy atom. The fraction of sp³-hybridized carbons (Fsp3) is 0.250. The molecule has 104 valence electrons. The van der Waals surface area contributed by atoms with Crippen molar-refractivity contribution in [1.29, 1.82) is 0 Å². The largest absolute Gasteiger partial charge is 0.461 e. The van der Waals surface area contributed by atoms with E-state index in [1.54, 1.807) is 25.1 Å². The Hall–Kier alpha value is -2.35. The van der Waals surface area contributed by atoms with E-state index in [0.29, 0.717) is 17.2 Å². The van der Waals surface area contributed by atoms with Crippen LogP contribution in [0.1, 0.15) is 16.7 Å². The number of carbonyl (C=O) groups is 1. The number of benzene rings is 1. The lowest BCUT2D eigenvalue weighted by atomic mass is 10.3. The van der Waals surface area contributed by atoms with Crippen molar-refractivity contribution in [2.45, 2.75) is 6.92 Å². The molecule has 0 N–H and O–H groups in total. The van der Waals surface area contributed by atoms with Crippen molar-refractivity contribution < 1.29 is 23.7 Å². The molecule has 0 spiro atoms. The number of rotatable bonds is 4. The second-order valence-corrected chi connectivity index (χ2v) is 4.65. The van der Waals surface area contributed by atoms with Crippen LogP contribution in [-0.4, -0.2) is 29.6 Å². The first-order chi connectivity index (χ1) is 9.76. The van der Waals surface area contributed by atoms with E-state index in [-0.39, 0.29) is 23.6 Å². The van der Waals surface area contributed by atoms with E-state index in [9.17, 15) is 4.79 Å².